The molecule has 0 aliphatic carbocycles. The lowest BCUT2D eigenvalue weighted by Gasteiger charge is -2.09. The van der Waals surface area contributed by atoms with Gasteiger partial charge in [-0.3, -0.25) is 0 Å². The standard InChI is InChI=1S/C16H11Cl3N2OS/c17-10-5-11(18)7-14(6-10)22-13-3-1-12(2-4-13)20-8-15-9-21-16(19)23-15/h1-7,9,20H,8H2. The van der Waals surface area contributed by atoms with Gasteiger partial charge in [0.15, 0.2) is 4.47 Å². The predicted octanol–water partition coefficient (Wildman–Crippen LogP) is 6.51. The summed E-state index contributed by atoms with van der Waals surface area (Å²) in [4.78, 5) is 5.08. The largest absolute Gasteiger partial charge is 0.457 e. The molecule has 0 atom stereocenters. The Morgan fingerprint density at radius 1 is 0.957 bits per heavy atom. The molecule has 1 N–H and O–H groups in total. The molecule has 0 aliphatic heterocycles. The van der Waals surface area contributed by atoms with Crippen molar-refractivity contribution >= 4 is 51.8 Å². The molecule has 3 rings (SSSR count). The minimum absolute atomic E-state index is 0.536. The summed E-state index contributed by atoms with van der Waals surface area (Å²) >= 11 is 19.2. The lowest BCUT2D eigenvalue weighted by Crippen LogP contribution is -1.97. The summed E-state index contributed by atoms with van der Waals surface area (Å²) in [5, 5.41) is 4.37. The van der Waals surface area contributed by atoms with Crippen LogP contribution in [0.2, 0.25) is 14.5 Å². The van der Waals surface area contributed by atoms with Gasteiger partial charge in [-0.25, -0.2) is 4.98 Å². The van der Waals surface area contributed by atoms with E-state index in [-0.39, 0.29) is 0 Å². The maximum absolute atomic E-state index is 5.95. The van der Waals surface area contributed by atoms with Gasteiger partial charge in [0.25, 0.3) is 0 Å². The van der Waals surface area contributed by atoms with Crippen LogP contribution >= 0.6 is 46.1 Å². The predicted molar refractivity (Wildman–Crippen MR) is 97.4 cm³/mol. The first kappa shape index (κ1) is 16.4. The molecule has 0 aliphatic rings. The lowest BCUT2D eigenvalue weighted by molar-refractivity contribution is 0.483. The van der Waals surface area contributed by atoms with Crippen molar-refractivity contribution in [2.75, 3.05) is 5.32 Å². The number of rotatable bonds is 5. The first-order chi connectivity index (χ1) is 11.1. The van der Waals surface area contributed by atoms with E-state index >= 15 is 0 Å². The van der Waals surface area contributed by atoms with Gasteiger partial charge in [-0.2, -0.15) is 0 Å². The molecule has 0 saturated carbocycles. The van der Waals surface area contributed by atoms with Crippen LogP contribution in [-0.4, -0.2) is 4.98 Å². The first-order valence-electron chi connectivity index (χ1n) is 6.66. The zero-order valence-electron chi connectivity index (χ0n) is 11.7. The molecule has 0 saturated heterocycles. The topological polar surface area (TPSA) is 34.1 Å². The number of hydrogen-bond donors (Lipinski definition) is 1. The van der Waals surface area contributed by atoms with Gasteiger partial charge in [0.2, 0.25) is 0 Å². The zero-order valence-corrected chi connectivity index (χ0v) is 14.8. The average Bonchev–Trinajstić information content (AvgIpc) is 2.91. The molecule has 3 aromatic rings. The minimum atomic E-state index is 0.536. The van der Waals surface area contributed by atoms with Crippen LogP contribution in [0, 0.1) is 0 Å². The second-order valence-corrected chi connectivity index (χ2v) is 7.23. The Morgan fingerprint density at radius 3 is 2.26 bits per heavy atom. The normalized spacial score (nSPS) is 10.6. The molecule has 7 heteroatoms. The fraction of sp³-hybridized carbons (Fsp3) is 0.0625. The van der Waals surface area contributed by atoms with Gasteiger partial charge < -0.3 is 10.1 Å². The van der Waals surface area contributed by atoms with Crippen molar-refractivity contribution in [1.29, 1.82) is 0 Å². The number of hydrogen-bond acceptors (Lipinski definition) is 4. The van der Waals surface area contributed by atoms with E-state index in [1.165, 1.54) is 11.3 Å². The highest BCUT2D eigenvalue weighted by molar-refractivity contribution is 7.15. The van der Waals surface area contributed by atoms with Gasteiger partial charge in [0.1, 0.15) is 11.5 Å². The molecule has 0 amide bonds. The van der Waals surface area contributed by atoms with E-state index in [4.69, 9.17) is 39.5 Å². The van der Waals surface area contributed by atoms with Crippen molar-refractivity contribution < 1.29 is 4.74 Å². The van der Waals surface area contributed by atoms with Crippen LogP contribution in [0.15, 0.2) is 48.7 Å². The van der Waals surface area contributed by atoms with Crippen LogP contribution in [0.1, 0.15) is 4.88 Å². The van der Waals surface area contributed by atoms with Crippen molar-refractivity contribution in [3.8, 4) is 11.5 Å². The zero-order chi connectivity index (χ0) is 16.2. The SMILES string of the molecule is Clc1cc(Cl)cc(Oc2ccc(NCc3cnc(Cl)s3)cc2)c1. The molecule has 23 heavy (non-hydrogen) atoms. The van der Waals surface area contributed by atoms with E-state index in [1.54, 1.807) is 24.4 Å². The van der Waals surface area contributed by atoms with E-state index < -0.39 is 0 Å². The van der Waals surface area contributed by atoms with E-state index in [2.05, 4.69) is 10.3 Å². The Balaban J connectivity index is 1.62. The van der Waals surface area contributed by atoms with Crippen LogP contribution in [0.4, 0.5) is 5.69 Å². The van der Waals surface area contributed by atoms with Crippen molar-refractivity contribution in [2.24, 2.45) is 0 Å². The third-order valence-corrected chi connectivity index (χ3v) is 4.47. The fourth-order valence-electron chi connectivity index (χ4n) is 1.92. The van der Waals surface area contributed by atoms with Gasteiger partial charge in [0.05, 0.1) is 6.54 Å². The van der Waals surface area contributed by atoms with Crippen molar-refractivity contribution in [3.05, 3.63) is 68.1 Å². The third kappa shape index (κ3) is 4.75. The number of anilines is 1. The Morgan fingerprint density at radius 2 is 1.65 bits per heavy atom. The second-order valence-electron chi connectivity index (χ2n) is 4.66. The average molecular weight is 386 g/mol. The quantitative estimate of drug-likeness (QED) is 0.543. The Kier molecular flexibility index (Phi) is 5.28. The molecule has 0 fully saturated rings. The summed E-state index contributed by atoms with van der Waals surface area (Å²) in [6, 6.07) is 12.7. The molecule has 2 aromatic carbocycles. The second kappa shape index (κ2) is 7.41. The summed E-state index contributed by atoms with van der Waals surface area (Å²) in [5.74, 6) is 1.30. The molecule has 1 heterocycles. The summed E-state index contributed by atoms with van der Waals surface area (Å²) in [5.41, 5.74) is 0.978. The van der Waals surface area contributed by atoms with Crippen LogP contribution in [-0.2, 0) is 6.54 Å². The fourth-order valence-corrected chi connectivity index (χ4v) is 3.34. The maximum Gasteiger partial charge on any atom is 0.183 e. The smallest absolute Gasteiger partial charge is 0.183 e. The number of ether oxygens (including phenoxy) is 1. The Hall–Kier alpha value is -1.46. The molecule has 3 nitrogen and oxygen atoms in total. The number of nitrogens with one attached hydrogen (secondary N) is 1. The van der Waals surface area contributed by atoms with E-state index in [1.807, 2.05) is 24.3 Å². The van der Waals surface area contributed by atoms with Gasteiger partial charge in [-0.15, -0.1) is 11.3 Å². The molecule has 118 valence electrons. The monoisotopic (exact) mass is 384 g/mol. The molecule has 1 aromatic heterocycles. The van der Waals surface area contributed by atoms with Crippen LogP contribution in [0.5, 0.6) is 11.5 Å². The van der Waals surface area contributed by atoms with E-state index in [0.29, 0.717) is 32.6 Å². The van der Waals surface area contributed by atoms with Crippen molar-refractivity contribution in [1.82, 2.24) is 4.98 Å². The molecule has 0 bridgehead atoms. The third-order valence-electron chi connectivity index (χ3n) is 2.92. The molecular weight excluding hydrogens is 375 g/mol. The maximum atomic E-state index is 5.95. The molecular formula is C16H11Cl3N2OS. The van der Waals surface area contributed by atoms with E-state index in [0.717, 1.165) is 10.6 Å². The highest BCUT2D eigenvalue weighted by Crippen LogP contribution is 2.29. The summed E-state index contributed by atoms with van der Waals surface area (Å²) in [7, 11) is 0. The number of aromatic nitrogens is 1. The minimum Gasteiger partial charge on any atom is -0.457 e. The highest BCUT2D eigenvalue weighted by Gasteiger charge is 2.03. The number of halogens is 3. The van der Waals surface area contributed by atoms with Crippen LogP contribution in [0.25, 0.3) is 0 Å². The van der Waals surface area contributed by atoms with Gasteiger partial charge in [0, 0.05) is 26.8 Å². The highest BCUT2D eigenvalue weighted by atomic mass is 35.5. The Labute approximate surface area is 152 Å². The summed E-state index contributed by atoms with van der Waals surface area (Å²) in [6.07, 6.45) is 1.76. The number of nitrogens with zero attached hydrogens (tertiary/aromatic N) is 1. The lowest BCUT2D eigenvalue weighted by atomic mass is 10.3. The van der Waals surface area contributed by atoms with Crippen LogP contribution < -0.4 is 10.1 Å². The summed E-state index contributed by atoms with van der Waals surface area (Å²) < 4.78 is 6.29. The first-order valence-corrected chi connectivity index (χ1v) is 8.61. The Bertz CT molecular complexity index is 785. The number of benzene rings is 2. The van der Waals surface area contributed by atoms with Gasteiger partial charge >= 0.3 is 0 Å². The van der Waals surface area contributed by atoms with E-state index in [9.17, 15) is 0 Å². The van der Waals surface area contributed by atoms with Crippen LogP contribution in [0.3, 0.4) is 0 Å². The summed E-state index contributed by atoms with van der Waals surface area (Å²) in [6.45, 7) is 0.675. The van der Waals surface area contributed by atoms with Crippen molar-refractivity contribution in [2.45, 2.75) is 6.54 Å². The number of thiazole rings is 1. The van der Waals surface area contributed by atoms with Gasteiger partial charge in [-0.1, -0.05) is 34.8 Å². The van der Waals surface area contributed by atoms with Gasteiger partial charge in [-0.05, 0) is 42.5 Å². The molecule has 0 unspecified atom stereocenters. The molecule has 0 radical (unpaired) electrons. The van der Waals surface area contributed by atoms with Crippen molar-refractivity contribution in [3.63, 3.8) is 0 Å². The molecule has 0 spiro atoms.